The fourth-order valence-corrected chi connectivity index (χ4v) is 5.19. The molecule has 2 aliphatic heterocycles. The van der Waals surface area contributed by atoms with Gasteiger partial charge in [0.15, 0.2) is 17.6 Å². The number of ether oxygens (including phenoxy) is 2. The van der Waals surface area contributed by atoms with E-state index in [2.05, 4.69) is 10.6 Å². The van der Waals surface area contributed by atoms with Crippen LogP contribution in [0.5, 0.6) is 11.5 Å². The van der Waals surface area contributed by atoms with E-state index >= 15 is 0 Å². The van der Waals surface area contributed by atoms with Crippen molar-refractivity contribution in [2.75, 3.05) is 26.3 Å². The van der Waals surface area contributed by atoms with Gasteiger partial charge in [-0.2, -0.15) is 0 Å². The van der Waals surface area contributed by atoms with Crippen molar-refractivity contribution in [3.63, 3.8) is 0 Å². The molecule has 0 radical (unpaired) electrons. The van der Waals surface area contributed by atoms with E-state index in [0.717, 1.165) is 29.1 Å². The maximum absolute atomic E-state index is 13.4. The first-order chi connectivity index (χ1) is 15.8. The number of likely N-dealkylation sites (N-methyl/N-ethyl adjacent to an activating group) is 1. The molecule has 3 rings (SSSR count). The van der Waals surface area contributed by atoms with Crippen LogP contribution in [0.2, 0.25) is 0 Å². The maximum atomic E-state index is 13.4. The van der Waals surface area contributed by atoms with E-state index in [1.807, 2.05) is 44.1 Å². The van der Waals surface area contributed by atoms with Crippen LogP contribution in [-0.4, -0.2) is 65.7 Å². The molecule has 8 nitrogen and oxygen atoms in total. The van der Waals surface area contributed by atoms with Crippen LogP contribution in [0.1, 0.15) is 52.5 Å². The summed E-state index contributed by atoms with van der Waals surface area (Å²) in [7, 11) is 0. The number of amides is 2. The standard InChI is InChI=1S/C24H37N3O5S/c1-5-7-8-25-24(30)22(28)17(11-15(3)4)26-23(29)18-12-16-13-19-20(32-10-9-31-19)14-21(16)33-27(18)6-2/h13-15,17-18,22,28H,5-12H2,1-4H3,(H,25,30)(H,26,29)/t17-,18?,22?/m0/s1. The van der Waals surface area contributed by atoms with Gasteiger partial charge < -0.3 is 25.2 Å². The first-order valence-electron chi connectivity index (χ1n) is 12.0. The van der Waals surface area contributed by atoms with Crippen LogP contribution in [0.3, 0.4) is 0 Å². The molecular formula is C24H37N3O5S. The van der Waals surface area contributed by atoms with Gasteiger partial charge in [-0.15, -0.1) is 0 Å². The Morgan fingerprint density at radius 1 is 1.21 bits per heavy atom. The van der Waals surface area contributed by atoms with E-state index < -0.39 is 24.1 Å². The summed E-state index contributed by atoms with van der Waals surface area (Å²) in [6, 6.07) is 2.88. The van der Waals surface area contributed by atoms with Gasteiger partial charge in [-0.3, -0.25) is 9.59 Å². The molecule has 2 amide bonds. The molecular weight excluding hydrogens is 442 g/mol. The van der Waals surface area contributed by atoms with Gasteiger partial charge in [-0.1, -0.05) is 34.1 Å². The molecule has 2 heterocycles. The third kappa shape index (κ3) is 6.55. The molecule has 0 bridgehead atoms. The first kappa shape index (κ1) is 25.6. The normalized spacial score (nSPS) is 19.5. The van der Waals surface area contributed by atoms with Crippen molar-refractivity contribution in [1.82, 2.24) is 14.9 Å². The van der Waals surface area contributed by atoms with Crippen LogP contribution in [-0.2, 0) is 16.0 Å². The van der Waals surface area contributed by atoms with Crippen molar-refractivity contribution in [3.05, 3.63) is 17.7 Å². The molecule has 9 heteroatoms. The lowest BCUT2D eigenvalue weighted by Gasteiger charge is -2.36. The summed E-state index contributed by atoms with van der Waals surface area (Å²) in [6.07, 6.45) is 1.55. The number of rotatable bonds is 10. The summed E-state index contributed by atoms with van der Waals surface area (Å²) in [5, 5.41) is 16.5. The van der Waals surface area contributed by atoms with Gasteiger partial charge in [-0.25, -0.2) is 4.31 Å². The zero-order valence-corrected chi connectivity index (χ0v) is 20.9. The molecule has 3 N–H and O–H groups in total. The Kier molecular flexibility index (Phi) is 9.28. The summed E-state index contributed by atoms with van der Waals surface area (Å²) in [5.41, 5.74) is 1.03. The largest absolute Gasteiger partial charge is 0.486 e. The van der Waals surface area contributed by atoms with E-state index in [1.165, 1.54) is 11.9 Å². The number of fused-ring (bicyclic) bond motifs is 2. The smallest absolute Gasteiger partial charge is 0.250 e. The minimum Gasteiger partial charge on any atom is -0.486 e. The molecule has 0 fully saturated rings. The summed E-state index contributed by atoms with van der Waals surface area (Å²) in [5.74, 6) is 1.04. The molecule has 0 spiro atoms. The summed E-state index contributed by atoms with van der Waals surface area (Å²) in [6.45, 7) is 10.3. The number of nitrogens with one attached hydrogen (secondary N) is 2. The number of carbonyl (C=O) groups is 2. The maximum Gasteiger partial charge on any atom is 0.250 e. The molecule has 3 atom stereocenters. The first-order valence-corrected chi connectivity index (χ1v) is 12.7. The number of aliphatic hydroxyl groups excluding tert-OH is 1. The lowest BCUT2D eigenvalue weighted by Crippen LogP contribution is -2.56. The van der Waals surface area contributed by atoms with Crippen LogP contribution >= 0.6 is 11.9 Å². The van der Waals surface area contributed by atoms with Gasteiger partial charge in [0, 0.05) is 18.0 Å². The molecule has 1 aromatic rings. The number of aliphatic hydroxyl groups is 1. The number of unbranched alkanes of at least 4 members (excludes halogenated alkanes) is 1. The molecule has 0 saturated carbocycles. The Balaban J connectivity index is 1.73. The van der Waals surface area contributed by atoms with Crippen molar-refractivity contribution in [3.8, 4) is 11.5 Å². The highest BCUT2D eigenvalue weighted by Crippen LogP contribution is 2.42. The van der Waals surface area contributed by atoms with Crippen LogP contribution < -0.4 is 20.1 Å². The van der Waals surface area contributed by atoms with E-state index in [1.54, 1.807) is 0 Å². The Morgan fingerprint density at radius 3 is 2.55 bits per heavy atom. The average Bonchev–Trinajstić information content (AvgIpc) is 2.80. The topological polar surface area (TPSA) is 100 Å². The molecule has 2 aliphatic rings. The number of benzene rings is 1. The third-order valence-electron chi connectivity index (χ3n) is 5.85. The summed E-state index contributed by atoms with van der Waals surface area (Å²) < 4.78 is 13.5. The Hall–Kier alpha value is -1.97. The summed E-state index contributed by atoms with van der Waals surface area (Å²) in [4.78, 5) is 26.9. The number of hydrogen-bond donors (Lipinski definition) is 3. The number of carbonyl (C=O) groups excluding carboxylic acids is 2. The zero-order valence-electron chi connectivity index (χ0n) is 20.1. The molecule has 33 heavy (non-hydrogen) atoms. The van der Waals surface area contributed by atoms with Crippen LogP contribution in [0, 0.1) is 5.92 Å². The highest BCUT2D eigenvalue weighted by atomic mass is 32.2. The summed E-state index contributed by atoms with van der Waals surface area (Å²) >= 11 is 1.53. The van der Waals surface area contributed by atoms with Gasteiger partial charge in [0.1, 0.15) is 19.3 Å². The van der Waals surface area contributed by atoms with Gasteiger partial charge in [0.25, 0.3) is 5.91 Å². The second-order valence-electron chi connectivity index (χ2n) is 8.98. The van der Waals surface area contributed by atoms with Crippen molar-refractivity contribution >= 4 is 23.8 Å². The highest BCUT2D eigenvalue weighted by Gasteiger charge is 2.36. The van der Waals surface area contributed by atoms with Crippen molar-refractivity contribution in [1.29, 1.82) is 0 Å². The van der Waals surface area contributed by atoms with Crippen LogP contribution in [0.4, 0.5) is 0 Å². The zero-order chi connectivity index (χ0) is 24.0. The number of nitrogens with zero attached hydrogens (tertiary/aromatic N) is 1. The minimum atomic E-state index is -1.29. The molecule has 0 aliphatic carbocycles. The van der Waals surface area contributed by atoms with Crippen LogP contribution in [0.15, 0.2) is 17.0 Å². The Morgan fingerprint density at radius 2 is 1.91 bits per heavy atom. The SMILES string of the molecule is CCCCNC(=O)C(O)[C@H](CC(C)C)NC(=O)C1Cc2cc3c(cc2SN1CC)OCCO3. The monoisotopic (exact) mass is 479 g/mol. The Labute approximate surface area is 200 Å². The Bertz CT molecular complexity index is 835. The van der Waals surface area contributed by atoms with Gasteiger partial charge >= 0.3 is 0 Å². The van der Waals surface area contributed by atoms with E-state index in [4.69, 9.17) is 9.47 Å². The molecule has 184 valence electrons. The average molecular weight is 480 g/mol. The van der Waals surface area contributed by atoms with E-state index in [9.17, 15) is 14.7 Å². The minimum absolute atomic E-state index is 0.184. The van der Waals surface area contributed by atoms with E-state index in [0.29, 0.717) is 44.9 Å². The highest BCUT2D eigenvalue weighted by molar-refractivity contribution is 7.97. The van der Waals surface area contributed by atoms with Crippen molar-refractivity contribution in [2.45, 2.75) is 76.5 Å². The van der Waals surface area contributed by atoms with Gasteiger partial charge in [-0.05, 0) is 54.8 Å². The predicted molar refractivity (Wildman–Crippen MR) is 128 cm³/mol. The fourth-order valence-electron chi connectivity index (χ4n) is 4.09. The van der Waals surface area contributed by atoms with Crippen molar-refractivity contribution < 1.29 is 24.2 Å². The lowest BCUT2D eigenvalue weighted by atomic mass is 9.97. The van der Waals surface area contributed by atoms with Crippen LogP contribution in [0.25, 0.3) is 0 Å². The second-order valence-corrected chi connectivity index (χ2v) is 10.1. The predicted octanol–water partition coefficient (Wildman–Crippen LogP) is 2.52. The molecule has 1 aromatic carbocycles. The second kappa shape index (κ2) is 11.9. The third-order valence-corrected chi connectivity index (χ3v) is 7.17. The van der Waals surface area contributed by atoms with Crippen molar-refractivity contribution in [2.24, 2.45) is 5.92 Å². The van der Waals surface area contributed by atoms with E-state index in [-0.39, 0.29) is 11.8 Å². The lowest BCUT2D eigenvalue weighted by molar-refractivity contribution is -0.133. The molecule has 0 saturated heterocycles. The van der Waals surface area contributed by atoms with Gasteiger partial charge in [0.2, 0.25) is 5.91 Å². The number of hydrogen-bond acceptors (Lipinski definition) is 7. The molecule has 0 aromatic heterocycles. The van der Waals surface area contributed by atoms with Gasteiger partial charge in [0.05, 0.1) is 6.04 Å². The quantitative estimate of drug-likeness (QED) is 0.350. The molecule has 2 unspecified atom stereocenters. The fraction of sp³-hybridized carbons (Fsp3) is 0.667.